The first-order valence-corrected chi connectivity index (χ1v) is 12.8. The van der Waals surface area contributed by atoms with Gasteiger partial charge in [0.1, 0.15) is 24.0 Å². The number of nitrogens with one attached hydrogen (secondary N) is 1. The lowest BCUT2D eigenvalue weighted by Gasteiger charge is -2.12. The Labute approximate surface area is 205 Å². The van der Waals surface area contributed by atoms with Gasteiger partial charge in [-0.25, -0.2) is 22.1 Å². The fraction of sp³-hybridized carbons (Fsp3) is 0.269. The lowest BCUT2D eigenvalue weighted by Crippen LogP contribution is -2.22. The second kappa shape index (κ2) is 10.5. The van der Waals surface area contributed by atoms with E-state index < -0.39 is 10.0 Å². The van der Waals surface area contributed by atoms with Gasteiger partial charge in [-0.1, -0.05) is 25.1 Å². The molecule has 9 heteroatoms. The SMILES string of the molecule is CCCn1c(CNc2cccc(OCc3ccc(F)cc3)c2)nc2cc(S(=O)(=O)N(C)C)ccc21. The zero-order valence-electron chi connectivity index (χ0n) is 20.0. The van der Waals surface area contributed by atoms with Crippen LogP contribution in [0.1, 0.15) is 24.7 Å². The summed E-state index contributed by atoms with van der Waals surface area (Å²) < 4.78 is 47.4. The molecule has 0 aliphatic heterocycles. The van der Waals surface area contributed by atoms with Crippen LogP contribution in [0.25, 0.3) is 11.0 Å². The first kappa shape index (κ1) is 24.7. The van der Waals surface area contributed by atoms with Crippen molar-refractivity contribution in [3.8, 4) is 5.75 Å². The molecule has 0 unspecified atom stereocenters. The Balaban J connectivity index is 1.51. The summed E-state index contributed by atoms with van der Waals surface area (Å²) in [6.07, 6.45) is 0.920. The molecule has 0 atom stereocenters. The Morgan fingerprint density at radius 1 is 1.06 bits per heavy atom. The van der Waals surface area contributed by atoms with Crippen LogP contribution in [0.2, 0.25) is 0 Å². The van der Waals surface area contributed by atoms with Crippen LogP contribution >= 0.6 is 0 Å². The number of halogens is 1. The van der Waals surface area contributed by atoms with Gasteiger partial charge in [-0.05, 0) is 54.4 Å². The first-order chi connectivity index (χ1) is 16.8. The van der Waals surface area contributed by atoms with Crippen molar-refractivity contribution in [3.05, 3.63) is 83.9 Å². The molecule has 1 N–H and O–H groups in total. The minimum Gasteiger partial charge on any atom is -0.489 e. The molecule has 0 aliphatic carbocycles. The summed E-state index contributed by atoms with van der Waals surface area (Å²) in [6, 6.07) is 18.9. The van der Waals surface area contributed by atoms with E-state index in [-0.39, 0.29) is 10.7 Å². The molecule has 0 radical (unpaired) electrons. The van der Waals surface area contributed by atoms with Gasteiger partial charge >= 0.3 is 0 Å². The Bertz CT molecular complexity index is 1420. The average molecular weight is 497 g/mol. The molecule has 0 aliphatic rings. The first-order valence-electron chi connectivity index (χ1n) is 11.4. The number of nitrogens with zero attached hydrogens (tertiary/aromatic N) is 3. The number of hydrogen-bond donors (Lipinski definition) is 1. The van der Waals surface area contributed by atoms with Crippen LogP contribution < -0.4 is 10.1 Å². The molecule has 1 aromatic heterocycles. The summed E-state index contributed by atoms with van der Waals surface area (Å²) in [5.41, 5.74) is 3.30. The van der Waals surface area contributed by atoms with Crippen molar-refractivity contribution in [2.75, 3.05) is 19.4 Å². The monoisotopic (exact) mass is 496 g/mol. The van der Waals surface area contributed by atoms with Crippen molar-refractivity contribution in [1.29, 1.82) is 0 Å². The van der Waals surface area contributed by atoms with Crippen LogP contribution in [-0.2, 0) is 29.7 Å². The Morgan fingerprint density at radius 2 is 1.83 bits per heavy atom. The van der Waals surface area contributed by atoms with Gasteiger partial charge in [0.05, 0.1) is 22.5 Å². The van der Waals surface area contributed by atoms with E-state index in [4.69, 9.17) is 9.72 Å². The summed E-state index contributed by atoms with van der Waals surface area (Å²) in [4.78, 5) is 4.96. The van der Waals surface area contributed by atoms with Crippen molar-refractivity contribution >= 4 is 26.7 Å². The minimum absolute atomic E-state index is 0.224. The van der Waals surface area contributed by atoms with Crippen LogP contribution in [0.15, 0.2) is 71.6 Å². The van der Waals surface area contributed by atoms with Crippen molar-refractivity contribution in [1.82, 2.24) is 13.9 Å². The zero-order valence-corrected chi connectivity index (χ0v) is 20.8. The van der Waals surface area contributed by atoms with E-state index in [1.165, 1.54) is 30.5 Å². The van der Waals surface area contributed by atoms with E-state index in [1.54, 1.807) is 24.3 Å². The third kappa shape index (κ3) is 5.63. The highest BCUT2D eigenvalue weighted by Gasteiger charge is 2.19. The number of ether oxygens (including phenoxy) is 1. The van der Waals surface area contributed by atoms with Crippen molar-refractivity contribution in [3.63, 3.8) is 0 Å². The van der Waals surface area contributed by atoms with Crippen LogP contribution in [0, 0.1) is 5.82 Å². The maximum atomic E-state index is 13.1. The highest BCUT2D eigenvalue weighted by atomic mass is 32.2. The summed E-state index contributed by atoms with van der Waals surface area (Å²) in [5.74, 6) is 1.24. The van der Waals surface area contributed by atoms with E-state index in [1.807, 2.05) is 30.3 Å². The van der Waals surface area contributed by atoms with Crippen molar-refractivity contribution in [2.45, 2.75) is 37.9 Å². The molecule has 1 heterocycles. The van der Waals surface area contributed by atoms with Gasteiger partial charge in [-0.3, -0.25) is 0 Å². The van der Waals surface area contributed by atoms with E-state index >= 15 is 0 Å². The van der Waals surface area contributed by atoms with Crippen LogP contribution in [0.5, 0.6) is 5.75 Å². The van der Waals surface area contributed by atoms with E-state index in [0.717, 1.165) is 35.6 Å². The lowest BCUT2D eigenvalue weighted by atomic mass is 10.2. The average Bonchev–Trinajstić information content (AvgIpc) is 3.19. The Kier molecular flexibility index (Phi) is 7.37. The number of anilines is 1. The standard InChI is InChI=1S/C26H29FN4O3S/c1-4-14-31-25-13-12-23(35(32,33)30(2)3)16-24(25)29-26(31)17-28-21-6-5-7-22(15-21)34-18-19-8-10-20(27)11-9-19/h5-13,15-16,28H,4,14,17-18H2,1-3H3. The molecule has 184 valence electrons. The molecule has 0 fully saturated rings. The van der Waals surface area contributed by atoms with Gasteiger partial charge in [0.25, 0.3) is 0 Å². The molecule has 4 aromatic rings. The molecule has 3 aromatic carbocycles. The van der Waals surface area contributed by atoms with E-state index in [2.05, 4.69) is 16.8 Å². The number of aromatic nitrogens is 2. The molecule has 35 heavy (non-hydrogen) atoms. The molecule has 0 spiro atoms. The van der Waals surface area contributed by atoms with Gasteiger partial charge in [0.2, 0.25) is 10.0 Å². The predicted octanol–water partition coefficient (Wildman–Crippen LogP) is 5.03. The van der Waals surface area contributed by atoms with Crippen LogP contribution in [0.3, 0.4) is 0 Å². The Hall–Kier alpha value is -3.43. The molecule has 0 saturated carbocycles. The third-order valence-electron chi connectivity index (χ3n) is 5.63. The summed E-state index contributed by atoms with van der Waals surface area (Å²) in [6.45, 7) is 3.67. The molecule has 0 bridgehead atoms. The largest absolute Gasteiger partial charge is 0.489 e. The van der Waals surface area contributed by atoms with Gasteiger partial charge < -0.3 is 14.6 Å². The van der Waals surface area contributed by atoms with Gasteiger partial charge in [-0.15, -0.1) is 0 Å². The third-order valence-corrected chi connectivity index (χ3v) is 7.44. The topological polar surface area (TPSA) is 76.5 Å². The number of aryl methyl sites for hydroxylation is 1. The number of benzene rings is 3. The van der Waals surface area contributed by atoms with Gasteiger partial charge in [-0.2, -0.15) is 0 Å². The van der Waals surface area contributed by atoms with E-state index in [9.17, 15) is 12.8 Å². The molecule has 0 amide bonds. The number of hydrogen-bond acceptors (Lipinski definition) is 5. The highest BCUT2D eigenvalue weighted by Crippen LogP contribution is 2.24. The minimum atomic E-state index is -3.54. The molecule has 7 nitrogen and oxygen atoms in total. The molecule has 0 saturated heterocycles. The zero-order chi connectivity index (χ0) is 25.0. The van der Waals surface area contributed by atoms with E-state index in [0.29, 0.717) is 24.4 Å². The number of fused-ring (bicyclic) bond motifs is 1. The number of imidazole rings is 1. The summed E-state index contributed by atoms with van der Waals surface area (Å²) in [7, 11) is -0.504. The summed E-state index contributed by atoms with van der Waals surface area (Å²) in [5, 5.41) is 3.39. The Morgan fingerprint density at radius 3 is 2.54 bits per heavy atom. The lowest BCUT2D eigenvalue weighted by molar-refractivity contribution is 0.306. The smallest absolute Gasteiger partial charge is 0.242 e. The normalized spacial score (nSPS) is 11.8. The maximum absolute atomic E-state index is 13.1. The highest BCUT2D eigenvalue weighted by molar-refractivity contribution is 7.89. The second-order valence-electron chi connectivity index (χ2n) is 8.41. The molecule has 4 rings (SSSR count). The number of rotatable bonds is 10. The fourth-order valence-electron chi connectivity index (χ4n) is 3.76. The molecular weight excluding hydrogens is 467 g/mol. The van der Waals surface area contributed by atoms with Crippen LogP contribution in [-0.4, -0.2) is 36.4 Å². The fourth-order valence-corrected chi connectivity index (χ4v) is 4.69. The maximum Gasteiger partial charge on any atom is 0.242 e. The van der Waals surface area contributed by atoms with Gasteiger partial charge in [0.15, 0.2) is 0 Å². The second-order valence-corrected chi connectivity index (χ2v) is 10.6. The van der Waals surface area contributed by atoms with Crippen LogP contribution in [0.4, 0.5) is 10.1 Å². The number of sulfonamides is 1. The quantitative estimate of drug-likeness (QED) is 0.333. The van der Waals surface area contributed by atoms with Crippen molar-refractivity contribution < 1.29 is 17.5 Å². The van der Waals surface area contributed by atoms with Crippen molar-refractivity contribution in [2.24, 2.45) is 0 Å². The molecular formula is C26H29FN4O3S. The van der Waals surface area contributed by atoms with Gasteiger partial charge in [0, 0.05) is 32.4 Å². The predicted molar refractivity (Wildman–Crippen MR) is 135 cm³/mol. The summed E-state index contributed by atoms with van der Waals surface area (Å²) >= 11 is 0.